The summed E-state index contributed by atoms with van der Waals surface area (Å²) in [6.07, 6.45) is 7.91. The van der Waals surface area contributed by atoms with Crippen molar-refractivity contribution in [2.75, 3.05) is 26.2 Å². The zero-order valence-corrected chi connectivity index (χ0v) is 18.7. The number of piperidine rings is 2. The lowest BCUT2D eigenvalue weighted by Gasteiger charge is -2.44. The average molecular weight is 427 g/mol. The third-order valence-corrected chi connectivity index (χ3v) is 6.70. The van der Waals surface area contributed by atoms with Crippen LogP contribution in [0.3, 0.4) is 0 Å². The standard InChI is InChI=1S/C25H34N2O4/c1-3-7-18-14-24(29)31-22-13-17(2)12-21(25(18)22)30-16-23(28)26-15-19-8-6-11-27-10-5-4-9-20(19)27/h12-14,19-20H,3-11,15-16H2,1-2H3,(H,26,28)/t19-,20-/m1/s1. The molecule has 31 heavy (non-hydrogen) atoms. The van der Waals surface area contributed by atoms with Gasteiger partial charge in [-0.2, -0.15) is 0 Å². The summed E-state index contributed by atoms with van der Waals surface area (Å²) < 4.78 is 11.4. The molecule has 6 nitrogen and oxygen atoms in total. The summed E-state index contributed by atoms with van der Waals surface area (Å²) in [6.45, 7) is 7.08. The van der Waals surface area contributed by atoms with E-state index in [1.54, 1.807) is 0 Å². The number of aryl methyl sites for hydroxylation is 2. The Balaban J connectivity index is 1.41. The van der Waals surface area contributed by atoms with Crippen LogP contribution in [0.25, 0.3) is 11.0 Å². The van der Waals surface area contributed by atoms with Crippen LogP contribution in [0, 0.1) is 12.8 Å². The number of rotatable bonds is 7. The second-order valence-corrected chi connectivity index (χ2v) is 9.07. The molecule has 2 aromatic rings. The molecule has 0 spiro atoms. The van der Waals surface area contributed by atoms with E-state index in [1.807, 2.05) is 19.1 Å². The van der Waals surface area contributed by atoms with Crippen molar-refractivity contribution < 1.29 is 13.9 Å². The van der Waals surface area contributed by atoms with Crippen LogP contribution in [0.1, 0.15) is 56.6 Å². The number of carbonyl (C=O) groups excluding carboxylic acids is 1. The largest absolute Gasteiger partial charge is 0.483 e. The van der Waals surface area contributed by atoms with Crippen molar-refractivity contribution in [2.45, 2.75) is 64.8 Å². The summed E-state index contributed by atoms with van der Waals surface area (Å²) in [6, 6.07) is 5.91. The monoisotopic (exact) mass is 426 g/mol. The highest BCUT2D eigenvalue weighted by atomic mass is 16.5. The maximum atomic E-state index is 12.6. The van der Waals surface area contributed by atoms with Gasteiger partial charge in [-0.05, 0) is 81.3 Å². The molecular formula is C25H34N2O4. The topological polar surface area (TPSA) is 71.8 Å². The van der Waals surface area contributed by atoms with E-state index in [2.05, 4.69) is 17.1 Å². The fraction of sp³-hybridized carbons (Fsp3) is 0.600. The maximum absolute atomic E-state index is 12.6. The van der Waals surface area contributed by atoms with Crippen LogP contribution in [0.4, 0.5) is 0 Å². The summed E-state index contributed by atoms with van der Waals surface area (Å²) >= 11 is 0. The smallest absolute Gasteiger partial charge is 0.336 e. The van der Waals surface area contributed by atoms with Crippen LogP contribution in [-0.2, 0) is 11.2 Å². The number of hydrogen-bond acceptors (Lipinski definition) is 5. The SMILES string of the molecule is CCCc1cc(=O)oc2cc(C)cc(OCC(=O)NC[C@H]3CCCN4CCCC[C@H]34)c12. The molecule has 1 amide bonds. The first-order chi connectivity index (χ1) is 15.0. The van der Waals surface area contributed by atoms with Crippen molar-refractivity contribution in [3.63, 3.8) is 0 Å². The first-order valence-electron chi connectivity index (χ1n) is 11.8. The van der Waals surface area contributed by atoms with Crippen LogP contribution >= 0.6 is 0 Å². The number of nitrogens with one attached hydrogen (secondary N) is 1. The van der Waals surface area contributed by atoms with Gasteiger partial charge < -0.3 is 19.4 Å². The third kappa shape index (κ3) is 5.12. The molecule has 4 rings (SSSR count). The van der Waals surface area contributed by atoms with E-state index in [4.69, 9.17) is 9.15 Å². The first-order valence-corrected chi connectivity index (χ1v) is 11.8. The molecule has 168 valence electrons. The van der Waals surface area contributed by atoms with Gasteiger partial charge in [0.05, 0.1) is 5.39 Å². The van der Waals surface area contributed by atoms with Crippen molar-refractivity contribution in [1.29, 1.82) is 0 Å². The average Bonchev–Trinajstić information content (AvgIpc) is 2.75. The van der Waals surface area contributed by atoms with Gasteiger partial charge in [0, 0.05) is 18.7 Å². The zero-order chi connectivity index (χ0) is 21.8. The summed E-state index contributed by atoms with van der Waals surface area (Å²) in [5.74, 6) is 1.04. The molecule has 0 radical (unpaired) electrons. The van der Waals surface area contributed by atoms with Crippen LogP contribution in [0.2, 0.25) is 0 Å². The Hall–Kier alpha value is -2.34. The van der Waals surface area contributed by atoms with Crippen molar-refractivity contribution in [2.24, 2.45) is 5.92 Å². The molecular weight excluding hydrogens is 392 g/mol. The van der Waals surface area contributed by atoms with Crippen LogP contribution < -0.4 is 15.7 Å². The highest BCUT2D eigenvalue weighted by molar-refractivity contribution is 5.88. The predicted molar refractivity (Wildman–Crippen MR) is 122 cm³/mol. The highest BCUT2D eigenvalue weighted by Gasteiger charge is 2.32. The summed E-state index contributed by atoms with van der Waals surface area (Å²) in [5, 5.41) is 3.90. The lowest BCUT2D eigenvalue weighted by Crippen LogP contribution is -2.51. The van der Waals surface area contributed by atoms with E-state index in [0.29, 0.717) is 29.8 Å². The highest BCUT2D eigenvalue weighted by Crippen LogP contribution is 2.31. The molecule has 2 aliphatic rings. The molecule has 1 N–H and O–H groups in total. The molecule has 2 atom stereocenters. The Morgan fingerprint density at radius 2 is 2.03 bits per heavy atom. The van der Waals surface area contributed by atoms with Crippen LogP contribution in [0.5, 0.6) is 5.75 Å². The number of nitrogens with zero attached hydrogens (tertiary/aromatic N) is 1. The molecule has 3 heterocycles. The fourth-order valence-electron chi connectivity index (χ4n) is 5.31. The molecule has 0 aliphatic carbocycles. The van der Waals surface area contributed by atoms with Gasteiger partial charge in [-0.25, -0.2) is 4.79 Å². The Morgan fingerprint density at radius 3 is 2.87 bits per heavy atom. The van der Waals surface area contributed by atoms with Gasteiger partial charge in [-0.15, -0.1) is 0 Å². The van der Waals surface area contributed by atoms with Gasteiger partial charge >= 0.3 is 5.63 Å². The van der Waals surface area contributed by atoms with Gasteiger partial charge in [0.1, 0.15) is 11.3 Å². The van der Waals surface area contributed by atoms with Gasteiger partial charge in [-0.3, -0.25) is 4.79 Å². The molecule has 2 aliphatic heterocycles. The minimum atomic E-state index is -0.352. The third-order valence-electron chi connectivity index (χ3n) is 6.70. The summed E-state index contributed by atoms with van der Waals surface area (Å²) in [7, 11) is 0. The van der Waals surface area contributed by atoms with E-state index in [1.165, 1.54) is 51.3 Å². The normalized spacial score (nSPS) is 21.6. The van der Waals surface area contributed by atoms with Crippen molar-refractivity contribution >= 4 is 16.9 Å². The second kappa shape index (κ2) is 9.86. The lowest BCUT2D eigenvalue weighted by molar-refractivity contribution is -0.123. The Morgan fingerprint density at radius 1 is 1.19 bits per heavy atom. The number of amides is 1. The molecule has 2 saturated heterocycles. The second-order valence-electron chi connectivity index (χ2n) is 9.07. The Kier molecular flexibility index (Phi) is 6.96. The number of hydrogen-bond donors (Lipinski definition) is 1. The maximum Gasteiger partial charge on any atom is 0.336 e. The van der Waals surface area contributed by atoms with E-state index in [9.17, 15) is 9.59 Å². The molecule has 0 unspecified atom stereocenters. The van der Waals surface area contributed by atoms with Crippen molar-refractivity contribution in [3.8, 4) is 5.75 Å². The summed E-state index contributed by atoms with van der Waals surface area (Å²) in [5.41, 5.74) is 2.00. The Labute approximate surface area is 183 Å². The molecule has 1 aromatic carbocycles. The van der Waals surface area contributed by atoms with Gasteiger partial charge in [0.2, 0.25) is 0 Å². The molecule has 6 heteroatoms. The zero-order valence-electron chi connectivity index (χ0n) is 18.7. The van der Waals surface area contributed by atoms with Crippen LogP contribution in [0.15, 0.2) is 27.4 Å². The molecule has 0 bridgehead atoms. The van der Waals surface area contributed by atoms with Crippen LogP contribution in [-0.4, -0.2) is 43.1 Å². The van der Waals surface area contributed by atoms with E-state index in [0.717, 1.165) is 29.4 Å². The molecule has 2 fully saturated rings. The first kappa shape index (κ1) is 21.9. The minimum absolute atomic E-state index is 0.0374. The van der Waals surface area contributed by atoms with Crippen molar-refractivity contribution in [1.82, 2.24) is 10.2 Å². The molecule has 0 saturated carbocycles. The number of fused-ring (bicyclic) bond motifs is 2. The summed E-state index contributed by atoms with van der Waals surface area (Å²) in [4.78, 5) is 27.1. The fourth-order valence-corrected chi connectivity index (χ4v) is 5.31. The Bertz CT molecular complexity index is 981. The van der Waals surface area contributed by atoms with E-state index in [-0.39, 0.29) is 18.1 Å². The van der Waals surface area contributed by atoms with E-state index >= 15 is 0 Å². The van der Waals surface area contributed by atoms with Gasteiger partial charge in [0.15, 0.2) is 6.61 Å². The number of ether oxygens (including phenoxy) is 1. The predicted octanol–water partition coefficient (Wildman–Crippen LogP) is 3.81. The van der Waals surface area contributed by atoms with Gasteiger partial charge in [0.25, 0.3) is 5.91 Å². The quantitative estimate of drug-likeness (QED) is 0.682. The molecule has 1 aromatic heterocycles. The van der Waals surface area contributed by atoms with Crippen molar-refractivity contribution in [3.05, 3.63) is 39.7 Å². The van der Waals surface area contributed by atoms with Gasteiger partial charge in [-0.1, -0.05) is 19.8 Å². The minimum Gasteiger partial charge on any atom is -0.483 e. The number of carbonyl (C=O) groups is 1. The lowest BCUT2D eigenvalue weighted by atomic mass is 9.83. The number of benzene rings is 1. The van der Waals surface area contributed by atoms with E-state index < -0.39 is 0 Å².